The Balaban J connectivity index is 1.54. The van der Waals surface area contributed by atoms with Crippen LogP contribution in [0.5, 0.6) is 5.75 Å². The largest absolute Gasteiger partial charge is 0.489 e. The Labute approximate surface area is 206 Å². The number of carbonyl (C=O) groups is 1. The highest BCUT2D eigenvalue weighted by atomic mass is 35.5. The van der Waals surface area contributed by atoms with Gasteiger partial charge < -0.3 is 10.1 Å². The van der Waals surface area contributed by atoms with Crippen molar-refractivity contribution >= 4 is 34.8 Å². The molecule has 1 amide bonds. The summed E-state index contributed by atoms with van der Waals surface area (Å²) in [5.41, 5.74) is 1.25. The maximum absolute atomic E-state index is 13.3. The molecule has 9 heteroatoms. The molecule has 0 aliphatic carbocycles. The smallest absolute Gasteiger partial charge is 0.256 e. The van der Waals surface area contributed by atoms with Crippen LogP contribution in [0.1, 0.15) is 22.6 Å². The number of fused-ring (bicyclic) bond motifs is 2. The lowest BCUT2D eigenvalue weighted by molar-refractivity contribution is -0.534. The van der Waals surface area contributed by atoms with Crippen LogP contribution >= 0.6 is 23.2 Å². The van der Waals surface area contributed by atoms with Gasteiger partial charge in [0.2, 0.25) is 0 Å². The number of rotatable bonds is 5. The van der Waals surface area contributed by atoms with Crippen molar-refractivity contribution in [1.82, 2.24) is 4.90 Å². The number of para-hydroxylation sites is 2. The molecule has 1 spiro atoms. The number of ether oxygens (including phenoxy) is 1. The maximum atomic E-state index is 13.3. The number of carbonyl (C=O) groups excluding carboxylic acids is 1. The van der Waals surface area contributed by atoms with E-state index in [9.17, 15) is 14.9 Å². The van der Waals surface area contributed by atoms with E-state index >= 15 is 0 Å². The average Bonchev–Trinajstić information content (AvgIpc) is 3.28. The van der Waals surface area contributed by atoms with Crippen molar-refractivity contribution in [3.63, 3.8) is 0 Å². The van der Waals surface area contributed by atoms with E-state index in [1.54, 1.807) is 60.5 Å². The molecule has 1 saturated heterocycles. The van der Waals surface area contributed by atoms with Gasteiger partial charge >= 0.3 is 0 Å². The lowest BCUT2D eigenvalue weighted by atomic mass is 9.79. The first-order chi connectivity index (χ1) is 16.3. The molecular weight excluding hydrogens is 477 g/mol. The van der Waals surface area contributed by atoms with Gasteiger partial charge in [-0.15, -0.1) is 0 Å². The van der Waals surface area contributed by atoms with Crippen molar-refractivity contribution in [2.24, 2.45) is 0 Å². The molecule has 3 atom stereocenters. The number of anilines is 1. The van der Waals surface area contributed by atoms with Crippen molar-refractivity contribution in [2.75, 3.05) is 18.9 Å². The Morgan fingerprint density at radius 3 is 2.65 bits per heavy atom. The van der Waals surface area contributed by atoms with Gasteiger partial charge in [-0.3, -0.25) is 19.8 Å². The molecule has 2 heterocycles. The lowest BCUT2D eigenvalue weighted by Crippen LogP contribution is -2.54. The number of nitrogens with zero attached hydrogens (tertiary/aromatic N) is 2. The summed E-state index contributed by atoms with van der Waals surface area (Å²) in [6.45, 7) is 0.489. The SMILES string of the molecule is CN1C[C@H](c2ccccc2OCc2ccc(Cl)cc2Cl)[C@H]([N+](=O)[O-])[C@]12C(=O)Nc1ccccc12. The molecule has 2 aliphatic heterocycles. The number of nitro groups is 1. The van der Waals surface area contributed by atoms with E-state index < -0.39 is 17.5 Å². The molecule has 2 aliphatic rings. The predicted octanol–water partition coefficient (Wildman–Crippen LogP) is 5.09. The van der Waals surface area contributed by atoms with Gasteiger partial charge in [0, 0.05) is 43.9 Å². The fourth-order valence-corrected chi connectivity index (χ4v) is 5.74. The van der Waals surface area contributed by atoms with E-state index in [4.69, 9.17) is 27.9 Å². The van der Waals surface area contributed by atoms with E-state index in [0.29, 0.717) is 39.2 Å². The molecule has 1 fully saturated rings. The Bertz CT molecular complexity index is 1300. The highest BCUT2D eigenvalue weighted by Crippen LogP contribution is 2.53. The molecule has 7 nitrogen and oxygen atoms in total. The van der Waals surface area contributed by atoms with Gasteiger partial charge in [-0.05, 0) is 31.3 Å². The van der Waals surface area contributed by atoms with Crippen LogP contribution in [0.2, 0.25) is 10.0 Å². The topological polar surface area (TPSA) is 84.7 Å². The first-order valence-electron chi connectivity index (χ1n) is 10.8. The van der Waals surface area contributed by atoms with Crippen LogP contribution in [0.15, 0.2) is 66.7 Å². The Morgan fingerprint density at radius 2 is 1.88 bits per heavy atom. The molecular formula is C25H21Cl2N3O4. The summed E-state index contributed by atoms with van der Waals surface area (Å²) < 4.78 is 6.10. The number of benzene rings is 3. The zero-order chi connectivity index (χ0) is 24.0. The van der Waals surface area contributed by atoms with Crippen molar-refractivity contribution < 1.29 is 14.5 Å². The van der Waals surface area contributed by atoms with E-state index in [-0.39, 0.29) is 17.4 Å². The number of nitrogens with one attached hydrogen (secondary N) is 1. The average molecular weight is 498 g/mol. The minimum absolute atomic E-state index is 0.174. The first-order valence-corrected chi connectivity index (χ1v) is 11.5. The van der Waals surface area contributed by atoms with Crippen LogP contribution in [0, 0.1) is 10.1 Å². The molecule has 0 saturated carbocycles. The normalized spacial score (nSPS) is 23.7. The molecule has 5 rings (SSSR count). The monoisotopic (exact) mass is 497 g/mol. The molecule has 0 radical (unpaired) electrons. The van der Waals surface area contributed by atoms with Crippen molar-refractivity contribution in [3.05, 3.63) is 104 Å². The molecule has 174 valence electrons. The highest BCUT2D eigenvalue weighted by molar-refractivity contribution is 6.35. The fourth-order valence-electron chi connectivity index (χ4n) is 5.27. The number of hydrogen-bond donors (Lipinski definition) is 1. The van der Waals surface area contributed by atoms with Crippen molar-refractivity contribution in [3.8, 4) is 5.75 Å². The van der Waals surface area contributed by atoms with Gasteiger partial charge in [0.15, 0.2) is 5.54 Å². The zero-order valence-electron chi connectivity index (χ0n) is 18.2. The van der Waals surface area contributed by atoms with E-state index in [0.717, 1.165) is 5.56 Å². The number of amides is 1. The van der Waals surface area contributed by atoms with Crippen molar-refractivity contribution in [1.29, 1.82) is 0 Å². The number of likely N-dealkylation sites (tertiary alicyclic amines) is 1. The van der Waals surface area contributed by atoms with Gasteiger partial charge in [-0.1, -0.05) is 65.7 Å². The van der Waals surface area contributed by atoms with Gasteiger partial charge in [-0.25, -0.2) is 0 Å². The lowest BCUT2D eigenvalue weighted by Gasteiger charge is -2.30. The van der Waals surface area contributed by atoms with Crippen LogP contribution in [0.4, 0.5) is 5.69 Å². The quantitative estimate of drug-likeness (QED) is 0.391. The minimum atomic E-state index is -1.41. The highest BCUT2D eigenvalue weighted by Gasteiger charge is 2.68. The van der Waals surface area contributed by atoms with Gasteiger partial charge in [0.1, 0.15) is 12.4 Å². The van der Waals surface area contributed by atoms with E-state index in [1.165, 1.54) is 0 Å². The van der Waals surface area contributed by atoms with Crippen LogP contribution < -0.4 is 10.1 Å². The van der Waals surface area contributed by atoms with Gasteiger partial charge in [-0.2, -0.15) is 0 Å². The van der Waals surface area contributed by atoms with Crippen LogP contribution in [0.25, 0.3) is 0 Å². The Hall–Kier alpha value is -3.13. The first kappa shape index (κ1) is 22.7. The summed E-state index contributed by atoms with van der Waals surface area (Å²) in [5.74, 6) is -0.442. The maximum Gasteiger partial charge on any atom is 0.256 e. The third kappa shape index (κ3) is 3.43. The van der Waals surface area contributed by atoms with Crippen LogP contribution in [-0.4, -0.2) is 35.4 Å². The number of likely N-dealkylation sites (N-methyl/N-ethyl adjacent to an activating group) is 1. The number of hydrogen-bond acceptors (Lipinski definition) is 5. The van der Waals surface area contributed by atoms with Gasteiger partial charge in [0.25, 0.3) is 11.9 Å². The Kier molecular flexibility index (Phi) is 5.72. The second-order valence-electron chi connectivity index (χ2n) is 8.55. The van der Waals surface area contributed by atoms with Crippen LogP contribution in [0.3, 0.4) is 0 Å². The second-order valence-corrected chi connectivity index (χ2v) is 9.39. The summed E-state index contributed by atoms with van der Waals surface area (Å²) >= 11 is 12.3. The fraction of sp³-hybridized carbons (Fsp3) is 0.240. The molecule has 0 unspecified atom stereocenters. The molecule has 0 aromatic heterocycles. The standard InChI is InChI=1S/C25H21Cl2N3O4/c1-29-13-18(23(30(32)33)25(29)19-7-3-4-8-21(19)28-24(25)31)17-6-2-5-9-22(17)34-14-15-10-11-16(26)12-20(15)27/h2-12,18,23H,13-14H2,1H3,(H,28,31)/t18-,23+,25-/m1/s1. The molecule has 1 N–H and O–H groups in total. The minimum Gasteiger partial charge on any atom is -0.489 e. The molecule has 3 aromatic carbocycles. The number of halogens is 2. The molecule has 34 heavy (non-hydrogen) atoms. The summed E-state index contributed by atoms with van der Waals surface area (Å²) in [7, 11) is 1.76. The second kappa shape index (κ2) is 8.58. The summed E-state index contributed by atoms with van der Waals surface area (Å²) in [6.07, 6.45) is 0. The van der Waals surface area contributed by atoms with Gasteiger partial charge in [0.05, 0.1) is 5.92 Å². The van der Waals surface area contributed by atoms with Crippen LogP contribution in [-0.2, 0) is 16.9 Å². The summed E-state index contributed by atoms with van der Waals surface area (Å²) in [5, 5.41) is 16.4. The van der Waals surface area contributed by atoms with E-state index in [1.807, 2.05) is 18.2 Å². The zero-order valence-corrected chi connectivity index (χ0v) is 19.7. The third-order valence-corrected chi connectivity index (χ3v) is 7.34. The third-order valence-electron chi connectivity index (χ3n) is 6.76. The summed E-state index contributed by atoms with van der Waals surface area (Å²) in [6, 6.07) is 18.3. The van der Waals surface area contributed by atoms with E-state index in [2.05, 4.69) is 5.32 Å². The molecule has 3 aromatic rings. The Morgan fingerprint density at radius 1 is 1.15 bits per heavy atom. The molecule has 0 bridgehead atoms. The van der Waals surface area contributed by atoms with Crippen molar-refractivity contribution in [2.45, 2.75) is 24.1 Å². The summed E-state index contributed by atoms with van der Waals surface area (Å²) in [4.78, 5) is 27.3. The predicted molar refractivity (Wildman–Crippen MR) is 130 cm³/mol.